The van der Waals surface area contributed by atoms with E-state index in [1.54, 1.807) is 0 Å². The first kappa shape index (κ1) is 28.8. The van der Waals surface area contributed by atoms with Crippen LogP contribution in [0.2, 0.25) is 0 Å². The van der Waals surface area contributed by atoms with E-state index in [0.717, 1.165) is 17.1 Å². The van der Waals surface area contributed by atoms with Gasteiger partial charge in [-0.3, -0.25) is 0 Å². The standard InChI is InChI=1S/C49H35N/c1-49(2)46-17-9-7-16-43(46)44-28-25-38(31-47(44)49)50(48-18-10-8-15-40(48)36-20-19-32-11-3-4-13-35(32)29-36)37-24-21-34-23-26-41-39-14-6-5-12-33(39)22-27-42(41)45(34)30-37/h3-31H,1-2H3. The minimum Gasteiger partial charge on any atom is -0.310 e. The molecule has 1 nitrogen and oxygen atoms in total. The van der Waals surface area contributed by atoms with Gasteiger partial charge in [-0.2, -0.15) is 0 Å². The first-order chi connectivity index (χ1) is 24.5. The Hall–Kier alpha value is -6.18. The van der Waals surface area contributed by atoms with Crippen molar-refractivity contribution in [2.45, 2.75) is 19.3 Å². The molecule has 10 rings (SSSR count). The zero-order valence-corrected chi connectivity index (χ0v) is 28.2. The first-order valence-corrected chi connectivity index (χ1v) is 17.5. The van der Waals surface area contributed by atoms with Gasteiger partial charge >= 0.3 is 0 Å². The molecule has 1 aliphatic carbocycles. The Morgan fingerprint density at radius 3 is 1.80 bits per heavy atom. The Bertz CT molecular complexity index is 2800. The number of rotatable bonds is 4. The van der Waals surface area contributed by atoms with Crippen molar-refractivity contribution < 1.29 is 0 Å². The second kappa shape index (κ2) is 10.9. The maximum atomic E-state index is 2.48. The fourth-order valence-corrected chi connectivity index (χ4v) is 8.47. The van der Waals surface area contributed by atoms with Crippen LogP contribution in [0.5, 0.6) is 0 Å². The van der Waals surface area contributed by atoms with Crippen molar-refractivity contribution in [1.29, 1.82) is 0 Å². The van der Waals surface area contributed by atoms with Gasteiger partial charge in [0.15, 0.2) is 0 Å². The van der Waals surface area contributed by atoms with Crippen LogP contribution in [0.4, 0.5) is 17.1 Å². The van der Waals surface area contributed by atoms with Crippen LogP contribution >= 0.6 is 0 Å². The average molecular weight is 638 g/mol. The number of hydrogen-bond donors (Lipinski definition) is 0. The number of hydrogen-bond acceptors (Lipinski definition) is 1. The number of nitrogens with zero attached hydrogens (tertiary/aromatic N) is 1. The number of para-hydroxylation sites is 1. The molecule has 9 aromatic carbocycles. The molecule has 0 saturated carbocycles. The highest BCUT2D eigenvalue weighted by Crippen LogP contribution is 2.51. The molecular formula is C49H35N. The summed E-state index contributed by atoms with van der Waals surface area (Å²) < 4.78 is 0. The highest BCUT2D eigenvalue weighted by Gasteiger charge is 2.35. The Balaban J connectivity index is 1.23. The topological polar surface area (TPSA) is 3.24 Å². The molecule has 0 spiro atoms. The van der Waals surface area contributed by atoms with Crippen molar-refractivity contribution in [3.63, 3.8) is 0 Å². The molecule has 0 radical (unpaired) electrons. The Labute approximate surface area is 292 Å². The summed E-state index contributed by atoms with van der Waals surface area (Å²) >= 11 is 0. The second-order valence-corrected chi connectivity index (χ2v) is 14.2. The molecule has 0 fully saturated rings. The third-order valence-electron chi connectivity index (χ3n) is 11.0. The normalized spacial score (nSPS) is 13.2. The van der Waals surface area contributed by atoms with Crippen LogP contribution < -0.4 is 4.90 Å². The fraction of sp³-hybridized carbons (Fsp3) is 0.0612. The lowest BCUT2D eigenvalue weighted by Crippen LogP contribution is -2.16. The van der Waals surface area contributed by atoms with Crippen LogP contribution in [0, 0.1) is 0 Å². The molecule has 236 valence electrons. The fourth-order valence-electron chi connectivity index (χ4n) is 8.47. The summed E-state index contributed by atoms with van der Waals surface area (Å²) in [5.41, 5.74) is 11.2. The van der Waals surface area contributed by atoms with E-state index in [4.69, 9.17) is 0 Å². The SMILES string of the molecule is CC1(C)c2ccccc2-c2ccc(N(c3ccc4ccc5c6ccccc6ccc5c4c3)c3ccccc3-c3ccc4ccccc4c3)cc21. The Morgan fingerprint density at radius 2 is 0.940 bits per heavy atom. The molecule has 1 heteroatoms. The monoisotopic (exact) mass is 637 g/mol. The Kier molecular flexibility index (Phi) is 6.29. The second-order valence-electron chi connectivity index (χ2n) is 14.2. The molecule has 0 unspecified atom stereocenters. The van der Waals surface area contributed by atoms with Crippen LogP contribution in [-0.2, 0) is 5.41 Å². The highest BCUT2D eigenvalue weighted by molar-refractivity contribution is 6.18. The van der Waals surface area contributed by atoms with Gasteiger partial charge in [0.05, 0.1) is 5.69 Å². The van der Waals surface area contributed by atoms with Crippen LogP contribution in [-0.4, -0.2) is 0 Å². The van der Waals surface area contributed by atoms with Crippen LogP contribution in [0.3, 0.4) is 0 Å². The molecule has 0 amide bonds. The third kappa shape index (κ3) is 4.33. The van der Waals surface area contributed by atoms with Gasteiger partial charge in [-0.25, -0.2) is 0 Å². The van der Waals surface area contributed by atoms with Crippen molar-refractivity contribution in [3.05, 3.63) is 187 Å². The summed E-state index contributed by atoms with van der Waals surface area (Å²) in [4.78, 5) is 2.48. The molecule has 0 atom stereocenters. The summed E-state index contributed by atoms with van der Waals surface area (Å²) in [6.07, 6.45) is 0. The van der Waals surface area contributed by atoms with Crippen LogP contribution in [0.15, 0.2) is 176 Å². The van der Waals surface area contributed by atoms with Gasteiger partial charge in [0.2, 0.25) is 0 Å². The van der Waals surface area contributed by atoms with E-state index >= 15 is 0 Å². The minimum absolute atomic E-state index is 0.105. The molecule has 0 heterocycles. The Morgan fingerprint density at radius 1 is 0.360 bits per heavy atom. The number of benzene rings is 9. The quantitative estimate of drug-likeness (QED) is 0.174. The molecule has 0 N–H and O–H groups in total. The smallest absolute Gasteiger partial charge is 0.0540 e. The lowest BCUT2D eigenvalue weighted by Gasteiger charge is -2.30. The van der Waals surface area contributed by atoms with Crippen LogP contribution in [0.1, 0.15) is 25.0 Å². The van der Waals surface area contributed by atoms with Crippen molar-refractivity contribution >= 4 is 60.2 Å². The van der Waals surface area contributed by atoms with E-state index in [0.29, 0.717) is 0 Å². The van der Waals surface area contributed by atoms with E-state index in [1.807, 2.05) is 0 Å². The zero-order valence-electron chi connectivity index (χ0n) is 28.2. The summed E-state index contributed by atoms with van der Waals surface area (Å²) in [7, 11) is 0. The van der Waals surface area contributed by atoms with Crippen molar-refractivity contribution in [2.75, 3.05) is 4.90 Å². The molecule has 9 aromatic rings. The zero-order chi connectivity index (χ0) is 33.4. The molecule has 0 aromatic heterocycles. The predicted octanol–water partition coefficient (Wildman–Crippen LogP) is 13.7. The molecule has 0 bridgehead atoms. The maximum absolute atomic E-state index is 2.48. The highest BCUT2D eigenvalue weighted by atomic mass is 15.1. The summed E-state index contributed by atoms with van der Waals surface area (Å²) in [5.74, 6) is 0. The minimum atomic E-state index is -0.105. The van der Waals surface area contributed by atoms with Crippen molar-refractivity contribution in [1.82, 2.24) is 0 Å². The van der Waals surface area contributed by atoms with E-state index in [-0.39, 0.29) is 5.41 Å². The molecule has 0 saturated heterocycles. The summed E-state index contributed by atoms with van der Waals surface area (Å²) in [6, 6.07) is 65.1. The summed E-state index contributed by atoms with van der Waals surface area (Å²) in [5, 5.41) is 10.1. The average Bonchev–Trinajstić information content (AvgIpc) is 3.40. The lowest BCUT2D eigenvalue weighted by atomic mass is 9.82. The van der Waals surface area contributed by atoms with Gasteiger partial charge in [-0.1, -0.05) is 153 Å². The molecule has 0 aliphatic heterocycles. The van der Waals surface area contributed by atoms with Gasteiger partial charge in [0, 0.05) is 22.4 Å². The lowest BCUT2D eigenvalue weighted by molar-refractivity contribution is 0.660. The largest absolute Gasteiger partial charge is 0.310 e. The molecular weight excluding hydrogens is 603 g/mol. The first-order valence-electron chi connectivity index (χ1n) is 17.5. The van der Waals surface area contributed by atoms with Gasteiger partial charge in [0.25, 0.3) is 0 Å². The van der Waals surface area contributed by atoms with E-state index in [2.05, 4.69) is 195 Å². The number of fused-ring (bicyclic) bond motifs is 9. The van der Waals surface area contributed by atoms with Gasteiger partial charge in [-0.15, -0.1) is 0 Å². The van der Waals surface area contributed by atoms with Crippen molar-refractivity contribution in [3.8, 4) is 22.3 Å². The number of anilines is 3. The van der Waals surface area contributed by atoms with Gasteiger partial charge in [-0.05, 0) is 107 Å². The predicted molar refractivity (Wildman–Crippen MR) is 214 cm³/mol. The van der Waals surface area contributed by atoms with Gasteiger partial charge < -0.3 is 4.90 Å². The van der Waals surface area contributed by atoms with Crippen molar-refractivity contribution in [2.24, 2.45) is 0 Å². The third-order valence-corrected chi connectivity index (χ3v) is 11.0. The van der Waals surface area contributed by atoms with Gasteiger partial charge in [0.1, 0.15) is 0 Å². The van der Waals surface area contributed by atoms with E-state index in [1.165, 1.54) is 76.5 Å². The van der Waals surface area contributed by atoms with E-state index in [9.17, 15) is 0 Å². The summed E-state index contributed by atoms with van der Waals surface area (Å²) in [6.45, 7) is 4.72. The maximum Gasteiger partial charge on any atom is 0.0540 e. The molecule has 50 heavy (non-hydrogen) atoms. The molecule has 1 aliphatic rings. The van der Waals surface area contributed by atoms with Crippen LogP contribution in [0.25, 0.3) is 65.3 Å². The van der Waals surface area contributed by atoms with E-state index < -0.39 is 0 Å².